The summed E-state index contributed by atoms with van der Waals surface area (Å²) < 4.78 is 1.90. The van der Waals surface area contributed by atoms with E-state index in [0.717, 1.165) is 25.6 Å². The van der Waals surface area contributed by atoms with Gasteiger partial charge < -0.3 is 10.2 Å². The van der Waals surface area contributed by atoms with Gasteiger partial charge in [-0.1, -0.05) is 13.8 Å². The predicted octanol–water partition coefficient (Wildman–Crippen LogP) is 2.01. The Labute approximate surface area is 122 Å². The second-order valence-corrected chi connectivity index (χ2v) is 5.73. The van der Waals surface area contributed by atoms with Crippen LogP contribution in [0.4, 0.5) is 0 Å². The highest BCUT2D eigenvalue weighted by atomic mass is 15.3. The van der Waals surface area contributed by atoms with Gasteiger partial charge in [-0.2, -0.15) is 5.10 Å². The molecular weight excluding hydrogens is 250 g/mol. The van der Waals surface area contributed by atoms with Gasteiger partial charge in [0, 0.05) is 33.4 Å². The van der Waals surface area contributed by atoms with Crippen LogP contribution in [0.15, 0.2) is 17.3 Å². The minimum Gasteiger partial charge on any atom is -0.351 e. The fourth-order valence-corrected chi connectivity index (χ4v) is 3.02. The van der Waals surface area contributed by atoms with Crippen LogP contribution in [0.2, 0.25) is 0 Å². The molecule has 0 unspecified atom stereocenters. The summed E-state index contributed by atoms with van der Waals surface area (Å²) in [5.41, 5.74) is 1.65. The smallest absolute Gasteiger partial charge is 0.193 e. The van der Waals surface area contributed by atoms with Crippen LogP contribution >= 0.6 is 0 Å². The number of nitrogens with one attached hydrogen (secondary N) is 1. The first-order valence-corrected chi connectivity index (χ1v) is 7.56. The van der Waals surface area contributed by atoms with Crippen molar-refractivity contribution in [3.05, 3.63) is 18.0 Å². The van der Waals surface area contributed by atoms with Gasteiger partial charge in [-0.3, -0.25) is 9.67 Å². The van der Waals surface area contributed by atoms with Gasteiger partial charge in [-0.05, 0) is 30.7 Å². The average Bonchev–Trinajstić information content (AvgIpc) is 3.07. The second-order valence-electron chi connectivity index (χ2n) is 5.73. The van der Waals surface area contributed by atoms with E-state index in [4.69, 9.17) is 0 Å². The van der Waals surface area contributed by atoms with Crippen molar-refractivity contribution in [2.45, 2.75) is 39.7 Å². The van der Waals surface area contributed by atoms with Crippen molar-refractivity contribution in [1.29, 1.82) is 0 Å². The molecule has 1 N–H and O–H groups in total. The van der Waals surface area contributed by atoms with Crippen molar-refractivity contribution in [3.8, 4) is 0 Å². The molecule has 112 valence electrons. The molecule has 0 aromatic carbocycles. The van der Waals surface area contributed by atoms with Gasteiger partial charge in [0.2, 0.25) is 0 Å². The lowest BCUT2D eigenvalue weighted by Gasteiger charge is -2.28. The highest BCUT2D eigenvalue weighted by molar-refractivity contribution is 5.80. The Kier molecular flexibility index (Phi) is 4.68. The van der Waals surface area contributed by atoms with E-state index in [1.165, 1.54) is 25.0 Å². The Hall–Kier alpha value is -1.52. The van der Waals surface area contributed by atoms with Gasteiger partial charge in [0.1, 0.15) is 0 Å². The Morgan fingerprint density at radius 3 is 2.70 bits per heavy atom. The molecule has 1 aliphatic heterocycles. The van der Waals surface area contributed by atoms with Crippen LogP contribution in [-0.4, -0.2) is 40.8 Å². The lowest BCUT2D eigenvalue weighted by atomic mass is 9.82. The largest absolute Gasteiger partial charge is 0.351 e. The molecule has 20 heavy (non-hydrogen) atoms. The van der Waals surface area contributed by atoms with Crippen molar-refractivity contribution < 1.29 is 0 Å². The number of aliphatic imine (C=N–C) groups is 1. The third-order valence-corrected chi connectivity index (χ3v) is 4.80. The van der Waals surface area contributed by atoms with Crippen LogP contribution in [0.1, 0.15) is 38.8 Å². The minimum atomic E-state index is 0.476. The zero-order valence-electron chi connectivity index (χ0n) is 13.2. The van der Waals surface area contributed by atoms with Gasteiger partial charge >= 0.3 is 0 Å². The van der Waals surface area contributed by atoms with Gasteiger partial charge in [-0.25, -0.2) is 0 Å². The van der Waals surface area contributed by atoms with E-state index >= 15 is 0 Å². The molecule has 2 heterocycles. The van der Waals surface area contributed by atoms with E-state index in [2.05, 4.69) is 34.2 Å². The summed E-state index contributed by atoms with van der Waals surface area (Å²) in [5.74, 6) is 1.01. The minimum absolute atomic E-state index is 0.476. The number of aryl methyl sites for hydroxylation is 1. The number of aromatic nitrogens is 2. The van der Waals surface area contributed by atoms with Crippen LogP contribution in [0.25, 0.3) is 0 Å². The first kappa shape index (κ1) is 14.9. The van der Waals surface area contributed by atoms with Crippen molar-refractivity contribution in [3.63, 3.8) is 0 Å². The fraction of sp³-hybridized carbons (Fsp3) is 0.733. The van der Waals surface area contributed by atoms with Crippen LogP contribution in [0, 0.1) is 5.41 Å². The highest BCUT2D eigenvalue weighted by Crippen LogP contribution is 2.36. The van der Waals surface area contributed by atoms with Crippen molar-refractivity contribution >= 4 is 5.96 Å². The van der Waals surface area contributed by atoms with Gasteiger partial charge in [0.05, 0.1) is 12.2 Å². The van der Waals surface area contributed by atoms with Crippen LogP contribution in [0.5, 0.6) is 0 Å². The Morgan fingerprint density at radius 2 is 2.20 bits per heavy atom. The first-order valence-electron chi connectivity index (χ1n) is 7.56. The van der Waals surface area contributed by atoms with Crippen LogP contribution < -0.4 is 5.32 Å². The molecule has 0 saturated carbocycles. The SMILES string of the molecule is CCC1(CC)CCN(C(=NC)NCc2ccnn2C)C1. The van der Waals surface area contributed by atoms with E-state index in [9.17, 15) is 0 Å². The highest BCUT2D eigenvalue weighted by Gasteiger charge is 2.36. The molecule has 1 aromatic heterocycles. The lowest BCUT2D eigenvalue weighted by Crippen LogP contribution is -2.41. The molecule has 2 rings (SSSR count). The molecule has 0 atom stereocenters. The molecule has 1 aromatic rings. The van der Waals surface area contributed by atoms with E-state index in [0.29, 0.717) is 5.41 Å². The number of hydrogen-bond acceptors (Lipinski definition) is 2. The predicted molar refractivity (Wildman–Crippen MR) is 82.6 cm³/mol. The molecule has 1 fully saturated rings. The summed E-state index contributed by atoms with van der Waals surface area (Å²) in [6.45, 7) is 7.60. The van der Waals surface area contributed by atoms with Crippen molar-refractivity contribution in [1.82, 2.24) is 20.0 Å². The maximum absolute atomic E-state index is 4.44. The summed E-state index contributed by atoms with van der Waals surface area (Å²) >= 11 is 0. The van der Waals surface area contributed by atoms with Crippen molar-refractivity contribution in [2.24, 2.45) is 17.5 Å². The monoisotopic (exact) mass is 277 g/mol. The normalized spacial score (nSPS) is 18.6. The Morgan fingerprint density at radius 1 is 1.45 bits per heavy atom. The summed E-state index contributed by atoms with van der Waals surface area (Å²) in [7, 11) is 3.83. The molecule has 0 amide bonds. The molecule has 1 aliphatic rings. The number of guanidine groups is 1. The molecule has 0 bridgehead atoms. The lowest BCUT2D eigenvalue weighted by molar-refractivity contribution is 0.276. The Bertz CT molecular complexity index is 459. The van der Waals surface area contributed by atoms with E-state index in [1.807, 2.05) is 31.0 Å². The van der Waals surface area contributed by atoms with Crippen LogP contribution in [0.3, 0.4) is 0 Å². The van der Waals surface area contributed by atoms with Gasteiger partial charge in [0.25, 0.3) is 0 Å². The molecule has 0 spiro atoms. The molecule has 0 radical (unpaired) electrons. The average molecular weight is 277 g/mol. The third kappa shape index (κ3) is 2.97. The third-order valence-electron chi connectivity index (χ3n) is 4.80. The molecule has 5 heteroatoms. The molecule has 0 aliphatic carbocycles. The number of nitrogens with zero attached hydrogens (tertiary/aromatic N) is 4. The standard InChI is InChI=1S/C15H27N5/c1-5-15(6-2)8-10-20(12-15)14(16-3)17-11-13-7-9-18-19(13)4/h7,9H,5-6,8,10-12H2,1-4H3,(H,16,17). The zero-order valence-corrected chi connectivity index (χ0v) is 13.2. The maximum Gasteiger partial charge on any atom is 0.193 e. The maximum atomic E-state index is 4.44. The first-order chi connectivity index (χ1) is 9.64. The summed E-state index contributed by atoms with van der Waals surface area (Å²) in [6, 6.07) is 2.03. The summed E-state index contributed by atoms with van der Waals surface area (Å²) in [6.07, 6.45) is 5.60. The number of hydrogen-bond donors (Lipinski definition) is 1. The van der Waals surface area contributed by atoms with Gasteiger partial charge in [0.15, 0.2) is 5.96 Å². The second kappa shape index (κ2) is 6.29. The molecular formula is C15H27N5. The van der Waals surface area contributed by atoms with E-state index in [-0.39, 0.29) is 0 Å². The van der Waals surface area contributed by atoms with E-state index < -0.39 is 0 Å². The topological polar surface area (TPSA) is 45.4 Å². The molecule has 1 saturated heterocycles. The molecule has 5 nitrogen and oxygen atoms in total. The van der Waals surface area contributed by atoms with Crippen LogP contribution in [-0.2, 0) is 13.6 Å². The summed E-state index contributed by atoms with van der Waals surface area (Å²) in [4.78, 5) is 6.83. The van der Waals surface area contributed by atoms with Gasteiger partial charge in [-0.15, -0.1) is 0 Å². The Balaban J connectivity index is 1.95. The zero-order chi connectivity index (χ0) is 14.6. The number of likely N-dealkylation sites (tertiary alicyclic amines) is 1. The quantitative estimate of drug-likeness (QED) is 0.676. The number of rotatable bonds is 4. The fourth-order valence-electron chi connectivity index (χ4n) is 3.02. The van der Waals surface area contributed by atoms with Crippen molar-refractivity contribution in [2.75, 3.05) is 20.1 Å². The summed E-state index contributed by atoms with van der Waals surface area (Å²) in [5, 5.41) is 7.65. The van der Waals surface area contributed by atoms with E-state index in [1.54, 1.807) is 0 Å².